The number of amides is 1. The topological polar surface area (TPSA) is 63.8 Å². The molecule has 0 aliphatic carbocycles. The van der Waals surface area contributed by atoms with E-state index in [4.69, 9.17) is 32.4 Å². The fourth-order valence-corrected chi connectivity index (χ4v) is 3.58. The van der Waals surface area contributed by atoms with Crippen LogP contribution in [0.15, 0.2) is 51.9 Å². The number of hydrogen-bond acceptors (Lipinski definition) is 4. The first-order valence-corrected chi connectivity index (χ1v) is 10.2. The van der Waals surface area contributed by atoms with Crippen LogP contribution >= 0.6 is 23.2 Å². The van der Waals surface area contributed by atoms with Crippen LogP contribution in [0.5, 0.6) is 0 Å². The van der Waals surface area contributed by atoms with E-state index in [9.17, 15) is 4.79 Å². The quantitative estimate of drug-likeness (QED) is 0.619. The molecule has 1 aliphatic heterocycles. The van der Waals surface area contributed by atoms with E-state index in [2.05, 4.69) is 10.3 Å². The Hall–Kier alpha value is -2.34. The largest absolute Gasteiger partial charge is 0.438 e. The lowest BCUT2D eigenvalue weighted by Gasteiger charge is -2.11. The number of benzene rings is 2. The Balaban J connectivity index is 1.76. The van der Waals surface area contributed by atoms with Crippen molar-refractivity contribution < 1.29 is 13.9 Å². The summed E-state index contributed by atoms with van der Waals surface area (Å²) in [6.45, 7) is 3.10. The van der Waals surface area contributed by atoms with E-state index in [1.807, 2.05) is 19.1 Å². The summed E-state index contributed by atoms with van der Waals surface area (Å²) in [6, 6.07) is 12.4. The van der Waals surface area contributed by atoms with Gasteiger partial charge in [-0.25, -0.2) is 4.99 Å². The number of aryl methyl sites for hydroxylation is 1. The summed E-state index contributed by atoms with van der Waals surface area (Å²) in [6.07, 6.45) is 2.00. The maximum Gasteiger partial charge on any atom is 0.256 e. The van der Waals surface area contributed by atoms with Crippen LogP contribution in [0.1, 0.15) is 28.8 Å². The summed E-state index contributed by atoms with van der Waals surface area (Å²) in [5, 5.41) is 4.81. The molecule has 3 aromatic rings. The Kier molecular flexibility index (Phi) is 5.90. The number of carbonyl (C=O) groups excluding carboxylic acids is 1. The summed E-state index contributed by atoms with van der Waals surface area (Å²) >= 11 is 12.3. The Labute approximate surface area is 178 Å². The van der Waals surface area contributed by atoms with Crippen molar-refractivity contribution in [2.75, 3.05) is 13.2 Å². The van der Waals surface area contributed by atoms with Crippen LogP contribution in [-0.2, 0) is 4.74 Å². The molecule has 1 amide bonds. The number of hydrogen-bond donors (Lipinski definition) is 1. The van der Waals surface area contributed by atoms with Gasteiger partial charge in [-0.1, -0.05) is 29.3 Å². The van der Waals surface area contributed by atoms with Crippen molar-refractivity contribution in [3.05, 3.63) is 69.2 Å². The Morgan fingerprint density at radius 1 is 1.21 bits per heavy atom. The highest BCUT2D eigenvalue weighted by atomic mass is 35.5. The summed E-state index contributed by atoms with van der Waals surface area (Å²) in [5.41, 5.74) is 2.68. The van der Waals surface area contributed by atoms with Gasteiger partial charge in [-0.05, 0) is 61.7 Å². The van der Waals surface area contributed by atoms with Gasteiger partial charge in [0.15, 0.2) is 0 Å². The third-order valence-corrected chi connectivity index (χ3v) is 5.50. The van der Waals surface area contributed by atoms with E-state index in [-0.39, 0.29) is 17.6 Å². The smallest absolute Gasteiger partial charge is 0.256 e. The van der Waals surface area contributed by atoms with E-state index in [0.29, 0.717) is 33.4 Å². The first kappa shape index (κ1) is 20.0. The van der Waals surface area contributed by atoms with Gasteiger partial charge in [0.2, 0.25) is 5.55 Å². The SMILES string of the molecule is Cc1ccc(N=c2oc3ccc(Cl)cc3cc2C(=O)NC[C@@H]2CCCO2)cc1Cl. The van der Waals surface area contributed by atoms with Crippen molar-refractivity contribution in [2.24, 2.45) is 4.99 Å². The molecule has 5 nitrogen and oxygen atoms in total. The Bertz CT molecular complexity index is 1130. The molecule has 29 heavy (non-hydrogen) atoms. The van der Waals surface area contributed by atoms with E-state index >= 15 is 0 Å². The molecule has 150 valence electrons. The zero-order valence-electron chi connectivity index (χ0n) is 15.9. The van der Waals surface area contributed by atoms with Crippen LogP contribution in [0.25, 0.3) is 11.0 Å². The minimum atomic E-state index is -0.275. The molecular weight excluding hydrogens is 411 g/mol. The van der Waals surface area contributed by atoms with Crippen molar-refractivity contribution in [1.29, 1.82) is 0 Å². The lowest BCUT2D eigenvalue weighted by atomic mass is 10.1. The Morgan fingerprint density at radius 3 is 2.83 bits per heavy atom. The molecule has 0 radical (unpaired) electrons. The lowest BCUT2D eigenvalue weighted by Crippen LogP contribution is -2.34. The van der Waals surface area contributed by atoms with Crippen LogP contribution in [0.4, 0.5) is 5.69 Å². The van der Waals surface area contributed by atoms with Crippen molar-refractivity contribution in [3.63, 3.8) is 0 Å². The fraction of sp³-hybridized carbons (Fsp3) is 0.273. The predicted molar refractivity (Wildman–Crippen MR) is 114 cm³/mol. The van der Waals surface area contributed by atoms with Gasteiger partial charge in [0, 0.05) is 28.6 Å². The molecule has 0 bridgehead atoms. The second-order valence-corrected chi connectivity index (χ2v) is 7.88. The summed E-state index contributed by atoms with van der Waals surface area (Å²) in [5.74, 6) is -0.275. The van der Waals surface area contributed by atoms with Gasteiger partial charge in [-0.3, -0.25) is 4.79 Å². The van der Waals surface area contributed by atoms with E-state index in [0.717, 1.165) is 30.4 Å². The van der Waals surface area contributed by atoms with Crippen LogP contribution in [-0.4, -0.2) is 25.2 Å². The molecule has 0 unspecified atom stereocenters. The van der Waals surface area contributed by atoms with Gasteiger partial charge < -0.3 is 14.5 Å². The fourth-order valence-electron chi connectivity index (χ4n) is 3.22. The summed E-state index contributed by atoms with van der Waals surface area (Å²) < 4.78 is 11.5. The first-order valence-electron chi connectivity index (χ1n) is 9.44. The molecule has 2 heterocycles. The van der Waals surface area contributed by atoms with E-state index < -0.39 is 0 Å². The average Bonchev–Trinajstić information content (AvgIpc) is 3.22. The molecule has 1 N–H and O–H groups in total. The standard InChI is InChI=1S/C22H20Cl2N2O3/c1-13-4-6-16(11-19(13)24)26-22-18(21(27)25-12-17-3-2-8-28-17)10-14-9-15(23)5-7-20(14)29-22/h4-7,9-11,17H,2-3,8,12H2,1H3,(H,25,27)/t17-/m0/s1. The van der Waals surface area contributed by atoms with Crippen LogP contribution in [0.2, 0.25) is 10.0 Å². The first-order chi connectivity index (χ1) is 14.0. The molecule has 1 atom stereocenters. The van der Waals surface area contributed by atoms with Gasteiger partial charge in [-0.15, -0.1) is 0 Å². The van der Waals surface area contributed by atoms with Crippen LogP contribution < -0.4 is 10.9 Å². The number of halogens is 2. The number of nitrogens with zero attached hydrogens (tertiary/aromatic N) is 1. The number of rotatable bonds is 4. The molecule has 2 aromatic carbocycles. The number of ether oxygens (including phenoxy) is 1. The summed E-state index contributed by atoms with van der Waals surface area (Å²) in [7, 11) is 0. The molecule has 1 aromatic heterocycles. The predicted octanol–water partition coefficient (Wildman–Crippen LogP) is 5.19. The minimum Gasteiger partial charge on any atom is -0.438 e. The zero-order valence-corrected chi connectivity index (χ0v) is 17.4. The van der Waals surface area contributed by atoms with Crippen LogP contribution in [0.3, 0.4) is 0 Å². The molecule has 7 heteroatoms. The highest BCUT2D eigenvalue weighted by Crippen LogP contribution is 2.23. The third kappa shape index (κ3) is 4.64. The van der Waals surface area contributed by atoms with Gasteiger partial charge in [0.25, 0.3) is 5.91 Å². The number of fused-ring (bicyclic) bond motifs is 1. The molecule has 0 saturated carbocycles. The number of nitrogens with one attached hydrogen (secondary N) is 1. The van der Waals surface area contributed by atoms with E-state index in [1.165, 1.54) is 0 Å². The molecule has 4 rings (SSSR count). The monoisotopic (exact) mass is 430 g/mol. The molecule has 0 spiro atoms. The van der Waals surface area contributed by atoms with Crippen LogP contribution in [0, 0.1) is 6.92 Å². The Morgan fingerprint density at radius 2 is 2.07 bits per heavy atom. The summed E-state index contributed by atoms with van der Waals surface area (Å²) in [4.78, 5) is 17.5. The van der Waals surface area contributed by atoms with Crippen molar-refractivity contribution >= 4 is 45.8 Å². The van der Waals surface area contributed by atoms with Crippen molar-refractivity contribution in [2.45, 2.75) is 25.9 Å². The van der Waals surface area contributed by atoms with Crippen molar-refractivity contribution in [1.82, 2.24) is 5.32 Å². The highest BCUT2D eigenvalue weighted by Gasteiger charge is 2.18. The lowest BCUT2D eigenvalue weighted by molar-refractivity contribution is 0.0854. The maximum atomic E-state index is 12.9. The maximum absolute atomic E-state index is 12.9. The second kappa shape index (κ2) is 8.57. The van der Waals surface area contributed by atoms with Gasteiger partial charge in [0.05, 0.1) is 11.8 Å². The number of carbonyl (C=O) groups is 1. The average molecular weight is 431 g/mol. The van der Waals surface area contributed by atoms with Gasteiger partial charge >= 0.3 is 0 Å². The van der Waals surface area contributed by atoms with E-state index in [1.54, 1.807) is 30.3 Å². The second-order valence-electron chi connectivity index (χ2n) is 7.04. The molecule has 1 fully saturated rings. The molecule has 1 saturated heterocycles. The molecular formula is C22H20Cl2N2O3. The minimum absolute atomic E-state index is 0.0436. The molecule has 1 aliphatic rings. The highest BCUT2D eigenvalue weighted by molar-refractivity contribution is 6.31. The van der Waals surface area contributed by atoms with Crippen molar-refractivity contribution in [3.8, 4) is 0 Å². The third-order valence-electron chi connectivity index (χ3n) is 4.85. The van der Waals surface area contributed by atoms with Gasteiger partial charge in [-0.2, -0.15) is 0 Å². The normalized spacial score (nSPS) is 17.1. The van der Waals surface area contributed by atoms with Gasteiger partial charge in [0.1, 0.15) is 11.1 Å². The zero-order chi connectivity index (χ0) is 20.4.